The van der Waals surface area contributed by atoms with E-state index in [0.717, 1.165) is 23.0 Å². The van der Waals surface area contributed by atoms with E-state index in [1.165, 1.54) is 18.3 Å². The van der Waals surface area contributed by atoms with Crippen LogP contribution < -0.4 is 10.1 Å². The van der Waals surface area contributed by atoms with Crippen LogP contribution >= 0.6 is 0 Å². The number of aromatic amines is 1. The molecule has 7 heteroatoms. The topological polar surface area (TPSA) is 67.0 Å². The highest BCUT2D eigenvalue weighted by molar-refractivity contribution is 6.04. The number of hydrogen-bond acceptors (Lipinski definition) is 3. The first-order valence-electron chi connectivity index (χ1n) is 8.07. The molecule has 0 saturated heterocycles. The third-order valence-corrected chi connectivity index (χ3v) is 3.95. The molecule has 0 aliphatic rings. The van der Waals surface area contributed by atoms with Gasteiger partial charge in [0, 0.05) is 23.2 Å². The molecule has 0 saturated carbocycles. The molecule has 2 aromatic carbocycles. The summed E-state index contributed by atoms with van der Waals surface area (Å²) in [4.78, 5) is 19.3. The number of fused-ring (bicyclic) bond motifs is 1. The first-order valence-corrected chi connectivity index (χ1v) is 8.07. The summed E-state index contributed by atoms with van der Waals surface area (Å²) in [6, 6.07) is 13.8. The highest BCUT2D eigenvalue weighted by atomic mass is 19.1. The van der Waals surface area contributed by atoms with Gasteiger partial charge < -0.3 is 15.0 Å². The van der Waals surface area contributed by atoms with Gasteiger partial charge in [0.2, 0.25) is 5.88 Å². The molecular formula is C20H13F2N3O2. The number of nitrogens with zero attached hydrogens (tertiary/aromatic N) is 1. The van der Waals surface area contributed by atoms with E-state index in [1.54, 1.807) is 6.07 Å². The zero-order chi connectivity index (χ0) is 18.8. The number of pyridine rings is 1. The summed E-state index contributed by atoms with van der Waals surface area (Å²) in [5.41, 5.74) is 0.579. The van der Waals surface area contributed by atoms with Crippen LogP contribution in [0.2, 0.25) is 0 Å². The second-order valence-electron chi connectivity index (χ2n) is 5.73. The lowest BCUT2D eigenvalue weighted by molar-refractivity contribution is 0.101. The highest BCUT2D eigenvalue weighted by Gasteiger charge is 2.17. The summed E-state index contributed by atoms with van der Waals surface area (Å²) >= 11 is 0. The Kier molecular flexibility index (Phi) is 4.25. The molecule has 0 bridgehead atoms. The zero-order valence-corrected chi connectivity index (χ0v) is 13.9. The van der Waals surface area contributed by atoms with Gasteiger partial charge in [0.25, 0.3) is 5.91 Å². The Morgan fingerprint density at radius 3 is 2.52 bits per heavy atom. The first-order chi connectivity index (χ1) is 13.1. The summed E-state index contributed by atoms with van der Waals surface area (Å²) in [6.45, 7) is 0. The molecule has 27 heavy (non-hydrogen) atoms. The van der Waals surface area contributed by atoms with Gasteiger partial charge in [-0.05, 0) is 36.4 Å². The maximum absolute atomic E-state index is 13.7. The van der Waals surface area contributed by atoms with Gasteiger partial charge in [-0.25, -0.2) is 13.8 Å². The van der Waals surface area contributed by atoms with Crippen molar-refractivity contribution in [2.45, 2.75) is 0 Å². The van der Waals surface area contributed by atoms with Gasteiger partial charge >= 0.3 is 0 Å². The molecule has 0 atom stereocenters. The van der Waals surface area contributed by atoms with E-state index in [-0.39, 0.29) is 5.69 Å². The minimum atomic E-state index is -0.931. The van der Waals surface area contributed by atoms with E-state index in [2.05, 4.69) is 15.3 Å². The molecule has 0 aliphatic carbocycles. The molecule has 2 N–H and O–H groups in total. The summed E-state index contributed by atoms with van der Waals surface area (Å²) in [6.07, 6.45) is 3.16. The molecular weight excluding hydrogens is 352 g/mol. The van der Waals surface area contributed by atoms with E-state index in [0.29, 0.717) is 11.6 Å². The number of rotatable bonds is 4. The van der Waals surface area contributed by atoms with Gasteiger partial charge in [0.1, 0.15) is 22.9 Å². The Bertz CT molecular complexity index is 1100. The highest BCUT2D eigenvalue weighted by Crippen LogP contribution is 2.28. The Morgan fingerprint density at radius 1 is 1.00 bits per heavy atom. The van der Waals surface area contributed by atoms with Gasteiger partial charge in [-0.2, -0.15) is 0 Å². The number of halogens is 2. The maximum atomic E-state index is 13.7. The number of nitrogens with one attached hydrogen (secondary N) is 2. The number of ether oxygens (including phenoxy) is 1. The van der Waals surface area contributed by atoms with Crippen molar-refractivity contribution in [2.24, 2.45) is 0 Å². The van der Waals surface area contributed by atoms with E-state index < -0.39 is 23.1 Å². The van der Waals surface area contributed by atoms with Crippen LogP contribution in [-0.2, 0) is 0 Å². The molecule has 0 radical (unpaired) electrons. The zero-order valence-electron chi connectivity index (χ0n) is 13.9. The fraction of sp³-hybridized carbons (Fsp3) is 0. The van der Waals surface area contributed by atoms with Gasteiger partial charge in [-0.15, -0.1) is 0 Å². The standard InChI is InChI=1S/C20H13F2N3O2/c21-14-3-1-4-15(22)19(14)20(26)25-12-7-8-18(24-11-12)27-17-6-2-5-16-13(17)9-10-23-16/h1-11,23H,(H,25,26). The van der Waals surface area contributed by atoms with Crippen LogP contribution in [-0.4, -0.2) is 15.9 Å². The number of anilines is 1. The molecule has 0 spiro atoms. The summed E-state index contributed by atoms with van der Waals surface area (Å²) in [5.74, 6) is -1.80. The van der Waals surface area contributed by atoms with Crippen LogP contribution in [0.15, 0.2) is 67.0 Å². The van der Waals surface area contributed by atoms with Crippen LogP contribution in [0.1, 0.15) is 10.4 Å². The molecule has 1 amide bonds. The molecule has 0 fully saturated rings. The van der Waals surface area contributed by atoms with Crippen LogP contribution in [0.3, 0.4) is 0 Å². The Morgan fingerprint density at radius 2 is 1.78 bits per heavy atom. The molecule has 4 rings (SSSR count). The van der Waals surface area contributed by atoms with Crippen LogP contribution in [0.4, 0.5) is 14.5 Å². The lowest BCUT2D eigenvalue weighted by atomic mass is 10.2. The third kappa shape index (κ3) is 3.35. The first kappa shape index (κ1) is 16.7. The van der Waals surface area contributed by atoms with E-state index in [4.69, 9.17) is 4.74 Å². The van der Waals surface area contributed by atoms with E-state index in [1.807, 2.05) is 30.5 Å². The predicted molar refractivity (Wildman–Crippen MR) is 96.9 cm³/mol. The monoisotopic (exact) mass is 365 g/mol. The summed E-state index contributed by atoms with van der Waals surface area (Å²) in [5, 5.41) is 3.32. The number of aromatic nitrogens is 2. The van der Waals surface area contributed by atoms with Crippen LogP contribution in [0.5, 0.6) is 11.6 Å². The third-order valence-electron chi connectivity index (χ3n) is 3.95. The largest absolute Gasteiger partial charge is 0.438 e. The normalized spacial score (nSPS) is 10.7. The quantitative estimate of drug-likeness (QED) is 0.541. The average Bonchev–Trinajstić information content (AvgIpc) is 3.13. The molecule has 134 valence electrons. The summed E-state index contributed by atoms with van der Waals surface area (Å²) in [7, 11) is 0. The second kappa shape index (κ2) is 6.87. The maximum Gasteiger partial charge on any atom is 0.261 e. The number of carbonyl (C=O) groups excluding carboxylic acids is 1. The Labute approximate surface area is 152 Å². The van der Waals surface area contributed by atoms with Crippen LogP contribution in [0, 0.1) is 11.6 Å². The van der Waals surface area contributed by atoms with Crippen molar-refractivity contribution in [3.8, 4) is 11.6 Å². The second-order valence-corrected chi connectivity index (χ2v) is 5.73. The average molecular weight is 365 g/mol. The van der Waals surface area contributed by atoms with E-state index in [9.17, 15) is 13.6 Å². The van der Waals surface area contributed by atoms with Crippen molar-refractivity contribution >= 4 is 22.5 Å². The number of carbonyl (C=O) groups is 1. The molecule has 4 aromatic rings. The Balaban J connectivity index is 1.51. The van der Waals surface area contributed by atoms with Crippen molar-refractivity contribution in [1.29, 1.82) is 0 Å². The van der Waals surface area contributed by atoms with Gasteiger partial charge in [-0.3, -0.25) is 4.79 Å². The van der Waals surface area contributed by atoms with Gasteiger partial charge in [0.05, 0.1) is 11.9 Å². The Hall–Kier alpha value is -3.74. The molecule has 0 aliphatic heterocycles. The minimum Gasteiger partial charge on any atom is -0.438 e. The van der Waals surface area contributed by atoms with Crippen molar-refractivity contribution in [3.63, 3.8) is 0 Å². The van der Waals surface area contributed by atoms with Crippen molar-refractivity contribution in [2.75, 3.05) is 5.32 Å². The molecule has 5 nitrogen and oxygen atoms in total. The molecule has 2 aromatic heterocycles. The van der Waals surface area contributed by atoms with Crippen molar-refractivity contribution in [1.82, 2.24) is 9.97 Å². The smallest absolute Gasteiger partial charge is 0.261 e. The number of benzene rings is 2. The lowest BCUT2D eigenvalue weighted by Gasteiger charge is -2.09. The minimum absolute atomic E-state index is 0.287. The summed E-state index contributed by atoms with van der Waals surface area (Å²) < 4.78 is 33.1. The van der Waals surface area contributed by atoms with E-state index >= 15 is 0 Å². The van der Waals surface area contributed by atoms with Gasteiger partial charge in [-0.1, -0.05) is 12.1 Å². The molecule has 0 unspecified atom stereocenters. The lowest BCUT2D eigenvalue weighted by Crippen LogP contribution is -2.15. The fourth-order valence-corrected chi connectivity index (χ4v) is 2.68. The predicted octanol–water partition coefficient (Wildman–Crippen LogP) is 4.89. The number of H-pyrrole nitrogens is 1. The van der Waals surface area contributed by atoms with Crippen LogP contribution in [0.25, 0.3) is 10.9 Å². The van der Waals surface area contributed by atoms with Gasteiger partial charge in [0.15, 0.2) is 0 Å². The fourth-order valence-electron chi connectivity index (χ4n) is 2.68. The van der Waals surface area contributed by atoms with Crippen molar-refractivity contribution < 1.29 is 18.3 Å². The SMILES string of the molecule is O=C(Nc1ccc(Oc2cccc3[nH]ccc23)nc1)c1c(F)cccc1F. The number of hydrogen-bond donors (Lipinski definition) is 2. The van der Waals surface area contributed by atoms with Crippen molar-refractivity contribution in [3.05, 3.63) is 84.2 Å². The molecule has 2 heterocycles. The number of amides is 1.